The number of nitrogens with one attached hydrogen (secondary N) is 1. The summed E-state index contributed by atoms with van der Waals surface area (Å²) in [7, 11) is 3.73. The molecule has 1 amide bonds. The fraction of sp³-hybridized carbons (Fsp3) is 0.933. The number of hydrogen-bond acceptors (Lipinski definition) is 3. The van der Waals surface area contributed by atoms with Gasteiger partial charge in [0, 0.05) is 39.8 Å². The molecule has 2 aliphatic rings. The second kappa shape index (κ2) is 6.23. The van der Waals surface area contributed by atoms with Crippen molar-refractivity contribution < 1.29 is 4.79 Å². The second-order valence-corrected chi connectivity index (χ2v) is 6.65. The molecular weight excluding hydrogens is 238 g/mol. The van der Waals surface area contributed by atoms with Crippen molar-refractivity contribution in [3.05, 3.63) is 0 Å². The third-order valence-corrected chi connectivity index (χ3v) is 4.82. The maximum atomic E-state index is 12.4. The Hall–Kier alpha value is -0.610. The summed E-state index contributed by atoms with van der Waals surface area (Å²) in [5.74, 6) is 1.80. The van der Waals surface area contributed by atoms with Crippen LogP contribution in [0.2, 0.25) is 0 Å². The van der Waals surface area contributed by atoms with Crippen LogP contribution in [0.3, 0.4) is 0 Å². The number of piperazine rings is 1. The normalized spacial score (nSPS) is 37.1. The summed E-state index contributed by atoms with van der Waals surface area (Å²) in [4.78, 5) is 16.6. The van der Waals surface area contributed by atoms with Crippen LogP contribution in [-0.2, 0) is 4.79 Å². The van der Waals surface area contributed by atoms with Crippen LogP contribution in [0.1, 0.15) is 33.1 Å². The molecule has 1 saturated carbocycles. The summed E-state index contributed by atoms with van der Waals surface area (Å²) in [6.07, 6.45) is 3.86. The highest BCUT2D eigenvalue weighted by Crippen LogP contribution is 2.33. The number of likely N-dealkylation sites (N-methyl/N-ethyl adjacent to an activating group) is 1. The number of carbonyl (C=O) groups is 1. The van der Waals surface area contributed by atoms with Gasteiger partial charge in [0.15, 0.2) is 0 Å². The summed E-state index contributed by atoms with van der Waals surface area (Å²) in [6.45, 7) is 7.53. The molecule has 4 atom stereocenters. The molecule has 1 saturated heterocycles. The summed E-state index contributed by atoms with van der Waals surface area (Å²) in [5, 5.41) is 3.37. The summed E-state index contributed by atoms with van der Waals surface area (Å²) >= 11 is 0. The van der Waals surface area contributed by atoms with Gasteiger partial charge in [-0.15, -0.1) is 0 Å². The van der Waals surface area contributed by atoms with Crippen molar-refractivity contribution >= 4 is 5.91 Å². The maximum Gasteiger partial charge on any atom is 0.240 e. The number of amides is 1. The van der Waals surface area contributed by atoms with Crippen LogP contribution in [0.25, 0.3) is 0 Å². The van der Waals surface area contributed by atoms with Gasteiger partial charge >= 0.3 is 0 Å². The zero-order valence-corrected chi connectivity index (χ0v) is 12.9. The van der Waals surface area contributed by atoms with E-state index in [1.165, 1.54) is 19.3 Å². The first-order valence-electron chi connectivity index (χ1n) is 7.68. The minimum absolute atomic E-state index is 0.0320. The van der Waals surface area contributed by atoms with Crippen molar-refractivity contribution in [1.29, 1.82) is 0 Å². The molecule has 2 fully saturated rings. The van der Waals surface area contributed by atoms with Crippen molar-refractivity contribution in [2.75, 3.05) is 33.7 Å². The van der Waals surface area contributed by atoms with E-state index in [0.717, 1.165) is 25.6 Å². The lowest BCUT2D eigenvalue weighted by Gasteiger charge is -2.46. The number of rotatable bonds is 2. The Balaban J connectivity index is 2.08. The van der Waals surface area contributed by atoms with Gasteiger partial charge in [-0.3, -0.25) is 9.69 Å². The van der Waals surface area contributed by atoms with Crippen molar-refractivity contribution in [3.63, 3.8) is 0 Å². The molecule has 0 aromatic rings. The van der Waals surface area contributed by atoms with Crippen LogP contribution in [0.4, 0.5) is 0 Å². The Morgan fingerprint density at radius 1 is 1.26 bits per heavy atom. The molecule has 4 unspecified atom stereocenters. The van der Waals surface area contributed by atoms with Crippen LogP contribution in [0.5, 0.6) is 0 Å². The Kier molecular flexibility index (Phi) is 4.85. The van der Waals surface area contributed by atoms with Crippen LogP contribution in [0.15, 0.2) is 0 Å². The molecule has 1 N–H and O–H groups in total. The van der Waals surface area contributed by atoms with Crippen LogP contribution < -0.4 is 5.32 Å². The van der Waals surface area contributed by atoms with Gasteiger partial charge in [-0.05, 0) is 31.1 Å². The molecule has 1 aliphatic heterocycles. The molecule has 0 spiro atoms. The maximum absolute atomic E-state index is 12.4. The first-order valence-corrected chi connectivity index (χ1v) is 7.68. The Morgan fingerprint density at radius 3 is 2.63 bits per heavy atom. The lowest BCUT2D eigenvalue weighted by Crippen LogP contribution is -2.62. The summed E-state index contributed by atoms with van der Waals surface area (Å²) < 4.78 is 0. The van der Waals surface area contributed by atoms with Gasteiger partial charge in [0.2, 0.25) is 5.91 Å². The lowest BCUT2D eigenvalue weighted by atomic mass is 9.78. The Bertz CT molecular complexity index is 319. The Labute approximate surface area is 117 Å². The molecule has 0 aromatic heterocycles. The fourth-order valence-corrected chi connectivity index (χ4v) is 3.79. The van der Waals surface area contributed by atoms with Gasteiger partial charge in [0.1, 0.15) is 6.04 Å². The van der Waals surface area contributed by atoms with Crippen LogP contribution in [0, 0.1) is 11.8 Å². The SMILES string of the molecule is CC1CCC(N2CCNCC2C(=O)N(C)C)C(C)C1. The largest absolute Gasteiger partial charge is 0.347 e. The molecule has 2 rings (SSSR count). The predicted molar refractivity (Wildman–Crippen MR) is 78.0 cm³/mol. The quantitative estimate of drug-likeness (QED) is 0.816. The summed E-state index contributed by atoms with van der Waals surface area (Å²) in [5.41, 5.74) is 0. The van der Waals surface area contributed by atoms with Gasteiger partial charge in [0.25, 0.3) is 0 Å². The standard InChI is InChI=1S/C15H29N3O/c1-11-5-6-13(12(2)9-11)18-8-7-16-10-14(18)15(19)17(3)4/h11-14,16H,5-10H2,1-4H3. The molecule has 0 radical (unpaired) electrons. The van der Waals surface area contributed by atoms with E-state index in [2.05, 4.69) is 24.1 Å². The first kappa shape index (κ1) is 14.8. The first-order chi connectivity index (χ1) is 9.00. The van der Waals surface area contributed by atoms with E-state index in [1.54, 1.807) is 4.90 Å². The van der Waals surface area contributed by atoms with E-state index in [-0.39, 0.29) is 11.9 Å². The molecule has 0 bridgehead atoms. The lowest BCUT2D eigenvalue weighted by molar-refractivity contribution is -0.137. The van der Waals surface area contributed by atoms with E-state index in [0.29, 0.717) is 12.0 Å². The smallest absolute Gasteiger partial charge is 0.240 e. The highest BCUT2D eigenvalue weighted by atomic mass is 16.2. The monoisotopic (exact) mass is 267 g/mol. The minimum atomic E-state index is 0.0320. The van der Waals surface area contributed by atoms with Crippen molar-refractivity contribution in [3.8, 4) is 0 Å². The van der Waals surface area contributed by atoms with Gasteiger partial charge in [0.05, 0.1) is 0 Å². The number of hydrogen-bond donors (Lipinski definition) is 1. The average Bonchev–Trinajstić information content (AvgIpc) is 2.38. The van der Waals surface area contributed by atoms with Gasteiger partial charge in [-0.25, -0.2) is 0 Å². The van der Waals surface area contributed by atoms with E-state index in [1.807, 2.05) is 14.1 Å². The topological polar surface area (TPSA) is 35.6 Å². The molecule has 0 aromatic carbocycles. The fourth-order valence-electron chi connectivity index (χ4n) is 3.79. The zero-order chi connectivity index (χ0) is 14.0. The van der Waals surface area contributed by atoms with Gasteiger partial charge < -0.3 is 10.2 Å². The van der Waals surface area contributed by atoms with Gasteiger partial charge in [-0.2, -0.15) is 0 Å². The van der Waals surface area contributed by atoms with E-state index < -0.39 is 0 Å². The molecule has 110 valence electrons. The van der Waals surface area contributed by atoms with E-state index in [4.69, 9.17) is 0 Å². The van der Waals surface area contributed by atoms with Crippen molar-refractivity contribution in [2.45, 2.75) is 45.2 Å². The molecule has 4 nitrogen and oxygen atoms in total. The van der Waals surface area contributed by atoms with E-state index >= 15 is 0 Å². The second-order valence-electron chi connectivity index (χ2n) is 6.65. The van der Waals surface area contributed by atoms with E-state index in [9.17, 15) is 4.79 Å². The molecule has 1 heterocycles. The summed E-state index contributed by atoms with van der Waals surface area (Å²) in [6, 6.07) is 0.622. The minimum Gasteiger partial charge on any atom is -0.347 e. The number of carbonyl (C=O) groups excluding carboxylic acids is 1. The molecule has 19 heavy (non-hydrogen) atoms. The average molecular weight is 267 g/mol. The number of nitrogens with zero attached hydrogens (tertiary/aromatic N) is 2. The van der Waals surface area contributed by atoms with Crippen LogP contribution >= 0.6 is 0 Å². The molecule has 4 heteroatoms. The Morgan fingerprint density at radius 2 is 2.00 bits per heavy atom. The highest BCUT2D eigenvalue weighted by Gasteiger charge is 2.38. The third-order valence-electron chi connectivity index (χ3n) is 4.82. The van der Waals surface area contributed by atoms with Crippen molar-refractivity contribution in [1.82, 2.24) is 15.1 Å². The van der Waals surface area contributed by atoms with Gasteiger partial charge in [-0.1, -0.05) is 13.8 Å². The molecular formula is C15H29N3O. The molecule has 1 aliphatic carbocycles. The zero-order valence-electron chi connectivity index (χ0n) is 12.9. The van der Waals surface area contributed by atoms with Crippen molar-refractivity contribution in [2.24, 2.45) is 11.8 Å². The van der Waals surface area contributed by atoms with Crippen LogP contribution in [-0.4, -0.2) is 61.5 Å². The highest BCUT2D eigenvalue weighted by molar-refractivity contribution is 5.81. The third kappa shape index (κ3) is 3.29. The predicted octanol–water partition coefficient (Wildman–Crippen LogP) is 1.17.